The topological polar surface area (TPSA) is 72.3 Å². The molecule has 5 N–H and O–H groups in total. The van der Waals surface area contributed by atoms with Gasteiger partial charge in [0.05, 0.1) is 6.61 Å². The molecule has 2 atom stereocenters. The second kappa shape index (κ2) is 3.15. The Labute approximate surface area is 56.0 Å². The fourth-order valence-electron chi connectivity index (χ4n) is 0.800. The maximum Gasteiger partial charge on any atom is 0.0609 e. The van der Waals surface area contributed by atoms with Crippen LogP contribution in [0.1, 0.15) is 20.3 Å². The minimum Gasteiger partial charge on any atom is -0.394 e. The average Bonchev–Trinajstić information content (AvgIpc) is 1.63. The van der Waals surface area contributed by atoms with Gasteiger partial charge in [0.15, 0.2) is 0 Å². The van der Waals surface area contributed by atoms with Gasteiger partial charge < -0.3 is 16.6 Å². The van der Waals surface area contributed by atoms with Crippen molar-refractivity contribution in [1.82, 2.24) is 0 Å². The molecule has 0 aliphatic rings. The first-order valence-corrected chi connectivity index (χ1v) is 3.13. The molecule has 0 rings (SSSR count). The predicted octanol–water partition coefficient (Wildman–Crippen LogP) is -0.567. The second-order valence-corrected chi connectivity index (χ2v) is 2.99. The van der Waals surface area contributed by atoms with Gasteiger partial charge in [0.2, 0.25) is 0 Å². The van der Waals surface area contributed by atoms with Crippen LogP contribution < -0.4 is 11.5 Å². The van der Waals surface area contributed by atoms with Gasteiger partial charge >= 0.3 is 0 Å². The molecule has 0 fully saturated rings. The average molecular weight is 132 g/mol. The highest BCUT2D eigenvalue weighted by Gasteiger charge is 2.17. The number of aliphatic hydroxyl groups is 1. The summed E-state index contributed by atoms with van der Waals surface area (Å²) in [6, 6.07) is 0.0622. The van der Waals surface area contributed by atoms with Gasteiger partial charge in [-0.05, 0) is 20.3 Å². The molecule has 0 amide bonds. The predicted molar refractivity (Wildman–Crippen MR) is 37.9 cm³/mol. The summed E-state index contributed by atoms with van der Waals surface area (Å²) in [6.07, 6.45) is 0.656. The van der Waals surface area contributed by atoms with E-state index in [2.05, 4.69) is 0 Å². The number of nitrogens with two attached hydrogens (primary N) is 2. The molecule has 9 heavy (non-hydrogen) atoms. The Bertz CT molecular complexity index is 81.1. The van der Waals surface area contributed by atoms with E-state index < -0.39 is 5.54 Å². The maximum absolute atomic E-state index is 8.66. The molecule has 2 unspecified atom stereocenters. The van der Waals surface area contributed by atoms with Gasteiger partial charge in [-0.25, -0.2) is 0 Å². The molecule has 0 radical (unpaired) electrons. The summed E-state index contributed by atoms with van der Waals surface area (Å²) in [7, 11) is 0. The summed E-state index contributed by atoms with van der Waals surface area (Å²) in [4.78, 5) is 0. The number of rotatable bonds is 3. The van der Waals surface area contributed by atoms with Gasteiger partial charge in [0.1, 0.15) is 0 Å². The van der Waals surface area contributed by atoms with Crippen molar-refractivity contribution in [1.29, 1.82) is 0 Å². The first kappa shape index (κ1) is 8.88. The summed E-state index contributed by atoms with van der Waals surface area (Å²) in [6.45, 7) is 3.66. The fourth-order valence-corrected chi connectivity index (χ4v) is 0.800. The van der Waals surface area contributed by atoms with Crippen molar-refractivity contribution < 1.29 is 5.11 Å². The van der Waals surface area contributed by atoms with E-state index in [9.17, 15) is 0 Å². The van der Waals surface area contributed by atoms with Crippen molar-refractivity contribution in [2.45, 2.75) is 31.8 Å². The SMILES string of the molecule is CC(N)CC(C)(N)CO. The van der Waals surface area contributed by atoms with E-state index in [0.717, 1.165) is 0 Å². The minimum absolute atomic E-state index is 0.00542. The molecule has 3 heteroatoms. The smallest absolute Gasteiger partial charge is 0.0609 e. The molecule has 0 aromatic rings. The van der Waals surface area contributed by atoms with Gasteiger partial charge in [-0.2, -0.15) is 0 Å². The third-order valence-electron chi connectivity index (χ3n) is 1.15. The summed E-state index contributed by atoms with van der Waals surface area (Å²) in [5.74, 6) is 0. The van der Waals surface area contributed by atoms with E-state index in [0.29, 0.717) is 6.42 Å². The first-order chi connectivity index (χ1) is 3.98. The zero-order chi connectivity index (χ0) is 7.49. The zero-order valence-electron chi connectivity index (χ0n) is 6.09. The number of hydrogen-bond donors (Lipinski definition) is 3. The lowest BCUT2D eigenvalue weighted by molar-refractivity contribution is 0.195. The summed E-state index contributed by atoms with van der Waals surface area (Å²) < 4.78 is 0. The Morgan fingerprint density at radius 3 is 2.22 bits per heavy atom. The molecule has 0 saturated heterocycles. The Balaban J connectivity index is 3.58. The Kier molecular flexibility index (Phi) is 3.11. The van der Waals surface area contributed by atoms with Gasteiger partial charge in [-0.15, -0.1) is 0 Å². The zero-order valence-corrected chi connectivity index (χ0v) is 6.09. The minimum atomic E-state index is -0.506. The largest absolute Gasteiger partial charge is 0.394 e. The number of aliphatic hydroxyl groups excluding tert-OH is 1. The van der Waals surface area contributed by atoms with Crippen LogP contribution in [0.15, 0.2) is 0 Å². The molecule has 0 spiro atoms. The highest BCUT2D eigenvalue weighted by molar-refractivity contribution is 4.80. The third kappa shape index (κ3) is 4.39. The van der Waals surface area contributed by atoms with Crippen LogP contribution in [-0.4, -0.2) is 23.3 Å². The lowest BCUT2D eigenvalue weighted by atomic mass is 9.97. The molecule has 0 aliphatic heterocycles. The molecule has 0 aliphatic carbocycles. The highest BCUT2D eigenvalue weighted by Crippen LogP contribution is 2.05. The Hall–Kier alpha value is -0.120. The monoisotopic (exact) mass is 132 g/mol. The Morgan fingerprint density at radius 2 is 2.11 bits per heavy atom. The standard InChI is InChI=1S/C6H16N2O/c1-5(7)3-6(2,8)4-9/h5,9H,3-4,7-8H2,1-2H3. The van der Waals surface area contributed by atoms with Crippen LogP contribution in [0.4, 0.5) is 0 Å². The lowest BCUT2D eigenvalue weighted by Crippen LogP contribution is -2.44. The quantitative estimate of drug-likeness (QED) is 0.481. The van der Waals surface area contributed by atoms with Gasteiger partial charge in [0.25, 0.3) is 0 Å². The van der Waals surface area contributed by atoms with Crippen molar-refractivity contribution in [2.75, 3.05) is 6.61 Å². The molecular weight excluding hydrogens is 116 g/mol. The van der Waals surface area contributed by atoms with Crippen molar-refractivity contribution >= 4 is 0 Å². The van der Waals surface area contributed by atoms with Crippen LogP contribution in [-0.2, 0) is 0 Å². The molecule has 3 nitrogen and oxygen atoms in total. The molecule has 0 bridgehead atoms. The van der Waals surface area contributed by atoms with Gasteiger partial charge in [0, 0.05) is 11.6 Å². The first-order valence-electron chi connectivity index (χ1n) is 3.13. The normalized spacial score (nSPS) is 21.0. The van der Waals surface area contributed by atoms with Crippen molar-refractivity contribution in [3.05, 3.63) is 0 Å². The summed E-state index contributed by atoms with van der Waals surface area (Å²) in [5.41, 5.74) is 10.5. The van der Waals surface area contributed by atoms with Crippen LogP contribution in [0.5, 0.6) is 0 Å². The van der Waals surface area contributed by atoms with Crippen molar-refractivity contribution in [3.63, 3.8) is 0 Å². The summed E-state index contributed by atoms with van der Waals surface area (Å²) in [5, 5.41) is 8.66. The van der Waals surface area contributed by atoms with Gasteiger partial charge in [-0.3, -0.25) is 0 Å². The fraction of sp³-hybridized carbons (Fsp3) is 1.00. The van der Waals surface area contributed by atoms with E-state index in [4.69, 9.17) is 16.6 Å². The molecule has 56 valence electrons. The molecule has 0 aromatic heterocycles. The van der Waals surface area contributed by atoms with E-state index in [1.165, 1.54) is 0 Å². The van der Waals surface area contributed by atoms with Crippen LogP contribution in [0.2, 0.25) is 0 Å². The summed E-state index contributed by atoms with van der Waals surface area (Å²) >= 11 is 0. The van der Waals surface area contributed by atoms with Crippen LogP contribution in [0.25, 0.3) is 0 Å². The molecule has 0 heterocycles. The molecule has 0 saturated carbocycles. The van der Waals surface area contributed by atoms with E-state index in [1.54, 1.807) is 6.92 Å². The second-order valence-electron chi connectivity index (χ2n) is 2.99. The maximum atomic E-state index is 8.66. The lowest BCUT2D eigenvalue weighted by Gasteiger charge is -2.23. The van der Waals surface area contributed by atoms with Crippen LogP contribution in [0.3, 0.4) is 0 Å². The van der Waals surface area contributed by atoms with Crippen molar-refractivity contribution in [2.24, 2.45) is 11.5 Å². The van der Waals surface area contributed by atoms with Gasteiger partial charge in [-0.1, -0.05) is 0 Å². The number of hydrogen-bond acceptors (Lipinski definition) is 3. The van der Waals surface area contributed by atoms with E-state index >= 15 is 0 Å². The van der Waals surface area contributed by atoms with Crippen LogP contribution >= 0.6 is 0 Å². The van der Waals surface area contributed by atoms with Crippen LogP contribution in [0, 0.1) is 0 Å². The van der Waals surface area contributed by atoms with E-state index in [1.807, 2.05) is 6.92 Å². The van der Waals surface area contributed by atoms with Crippen molar-refractivity contribution in [3.8, 4) is 0 Å². The van der Waals surface area contributed by atoms with E-state index in [-0.39, 0.29) is 12.6 Å². The molecular formula is C6H16N2O. The Morgan fingerprint density at radius 1 is 1.67 bits per heavy atom. The third-order valence-corrected chi connectivity index (χ3v) is 1.15. The molecule has 0 aromatic carbocycles. The highest BCUT2D eigenvalue weighted by atomic mass is 16.3.